The molecule has 1 aromatic heterocycles. The Bertz CT molecular complexity index is 691. The lowest BCUT2D eigenvalue weighted by Gasteiger charge is -2.03. The molecule has 0 unspecified atom stereocenters. The van der Waals surface area contributed by atoms with Gasteiger partial charge in [0.1, 0.15) is 5.75 Å². The Balaban J connectivity index is 2.24. The third-order valence-electron chi connectivity index (χ3n) is 2.60. The van der Waals surface area contributed by atoms with Gasteiger partial charge in [-0.15, -0.1) is 0 Å². The highest BCUT2D eigenvalue weighted by atomic mass is 79.9. The van der Waals surface area contributed by atoms with Crippen LogP contribution in [0.3, 0.4) is 0 Å². The molecule has 0 saturated carbocycles. The van der Waals surface area contributed by atoms with E-state index < -0.39 is 0 Å². The fraction of sp³-hybridized carbons (Fsp3) is 0. The van der Waals surface area contributed by atoms with Gasteiger partial charge in [0.05, 0.1) is 17.4 Å². The average molecular weight is 289 g/mol. The van der Waals surface area contributed by atoms with E-state index in [0.29, 0.717) is 0 Å². The monoisotopic (exact) mass is 288 g/mol. The van der Waals surface area contributed by atoms with Gasteiger partial charge in [0.15, 0.2) is 0 Å². The van der Waals surface area contributed by atoms with E-state index in [0.717, 1.165) is 21.1 Å². The summed E-state index contributed by atoms with van der Waals surface area (Å²) < 4.78 is 2.86. The molecule has 0 aliphatic heterocycles. The second-order valence-corrected chi connectivity index (χ2v) is 4.70. The van der Waals surface area contributed by atoms with Gasteiger partial charge in [-0.2, -0.15) is 5.10 Å². The number of fused-ring (bicyclic) bond motifs is 1. The minimum absolute atomic E-state index is 0.256. The second kappa shape index (κ2) is 3.89. The number of phenols is 1. The van der Waals surface area contributed by atoms with Gasteiger partial charge in [-0.1, -0.05) is 22.0 Å². The molecular formula is C13H9BrN2O. The van der Waals surface area contributed by atoms with Crippen molar-refractivity contribution in [1.29, 1.82) is 0 Å². The van der Waals surface area contributed by atoms with Crippen LogP contribution < -0.4 is 0 Å². The number of phenolic OH excluding ortho intramolecular Hbond substituents is 1. The Kier molecular flexibility index (Phi) is 2.37. The normalized spacial score (nSPS) is 10.9. The number of hydrogen-bond donors (Lipinski definition) is 1. The predicted molar refractivity (Wildman–Crippen MR) is 70.4 cm³/mol. The highest BCUT2D eigenvalue weighted by Crippen LogP contribution is 2.23. The molecule has 0 atom stereocenters. The van der Waals surface area contributed by atoms with Gasteiger partial charge in [-0.25, -0.2) is 4.68 Å². The minimum Gasteiger partial charge on any atom is -0.508 e. The van der Waals surface area contributed by atoms with E-state index in [1.807, 2.05) is 35.0 Å². The zero-order valence-corrected chi connectivity index (χ0v) is 10.4. The zero-order valence-electron chi connectivity index (χ0n) is 8.84. The number of halogens is 1. The first-order valence-corrected chi connectivity index (χ1v) is 5.96. The summed E-state index contributed by atoms with van der Waals surface area (Å²) in [7, 11) is 0. The zero-order chi connectivity index (χ0) is 11.8. The fourth-order valence-electron chi connectivity index (χ4n) is 1.83. The molecule has 0 radical (unpaired) electrons. The lowest BCUT2D eigenvalue weighted by atomic mass is 10.2. The number of nitrogens with zero attached hydrogens (tertiary/aromatic N) is 2. The first kappa shape index (κ1) is 10.4. The van der Waals surface area contributed by atoms with Crippen LogP contribution >= 0.6 is 15.9 Å². The topological polar surface area (TPSA) is 38.1 Å². The Hall–Kier alpha value is -1.81. The molecule has 1 heterocycles. The third kappa shape index (κ3) is 1.80. The van der Waals surface area contributed by atoms with E-state index >= 15 is 0 Å². The summed E-state index contributed by atoms with van der Waals surface area (Å²) in [5.41, 5.74) is 1.96. The maximum Gasteiger partial charge on any atom is 0.116 e. The van der Waals surface area contributed by atoms with Crippen molar-refractivity contribution in [1.82, 2.24) is 9.78 Å². The lowest BCUT2D eigenvalue weighted by molar-refractivity contribution is 0.476. The molecule has 0 fully saturated rings. The van der Waals surface area contributed by atoms with E-state index in [-0.39, 0.29) is 5.75 Å². The van der Waals surface area contributed by atoms with Gasteiger partial charge in [0.25, 0.3) is 0 Å². The largest absolute Gasteiger partial charge is 0.508 e. The van der Waals surface area contributed by atoms with E-state index in [4.69, 9.17) is 0 Å². The molecule has 3 aromatic rings. The summed E-state index contributed by atoms with van der Waals surface area (Å²) in [6, 6.07) is 13.2. The summed E-state index contributed by atoms with van der Waals surface area (Å²) >= 11 is 3.44. The molecule has 0 aliphatic carbocycles. The van der Waals surface area contributed by atoms with Gasteiger partial charge in [-0.05, 0) is 36.4 Å². The quantitative estimate of drug-likeness (QED) is 0.744. The van der Waals surface area contributed by atoms with Gasteiger partial charge in [0, 0.05) is 9.86 Å². The molecule has 84 valence electrons. The number of hydrogen-bond acceptors (Lipinski definition) is 2. The van der Waals surface area contributed by atoms with Crippen LogP contribution in [0.25, 0.3) is 16.6 Å². The molecule has 0 amide bonds. The van der Waals surface area contributed by atoms with Crippen LogP contribution in [0.1, 0.15) is 0 Å². The van der Waals surface area contributed by atoms with Gasteiger partial charge >= 0.3 is 0 Å². The number of benzene rings is 2. The van der Waals surface area contributed by atoms with Crippen LogP contribution in [0.4, 0.5) is 0 Å². The molecule has 0 bridgehead atoms. The molecule has 0 spiro atoms. The minimum atomic E-state index is 0.256. The van der Waals surface area contributed by atoms with Crippen molar-refractivity contribution in [2.24, 2.45) is 0 Å². The van der Waals surface area contributed by atoms with E-state index in [1.54, 1.807) is 18.3 Å². The highest BCUT2D eigenvalue weighted by Gasteiger charge is 2.05. The molecular weight excluding hydrogens is 280 g/mol. The maximum atomic E-state index is 9.41. The summed E-state index contributed by atoms with van der Waals surface area (Å²) in [6.45, 7) is 0. The van der Waals surface area contributed by atoms with Gasteiger partial charge < -0.3 is 5.11 Å². The van der Waals surface area contributed by atoms with Crippen LogP contribution in [0.5, 0.6) is 5.75 Å². The molecule has 4 heteroatoms. The van der Waals surface area contributed by atoms with Gasteiger partial charge in [-0.3, -0.25) is 0 Å². The van der Waals surface area contributed by atoms with Crippen molar-refractivity contribution >= 4 is 26.8 Å². The summed E-state index contributed by atoms with van der Waals surface area (Å²) in [6.07, 6.45) is 1.75. The van der Waals surface area contributed by atoms with Crippen LogP contribution in [0.15, 0.2) is 53.1 Å². The first-order valence-electron chi connectivity index (χ1n) is 5.17. The molecule has 1 N–H and O–H groups in total. The average Bonchev–Trinajstić information content (AvgIpc) is 2.71. The van der Waals surface area contributed by atoms with Crippen molar-refractivity contribution in [2.45, 2.75) is 0 Å². The molecule has 3 nitrogen and oxygen atoms in total. The highest BCUT2D eigenvalue weighted by molar-refractivity contribution is 9.10. The molecule has 17 heavy (non-hydrogen) atoms. The van der Waals surface area contributed by atoms with Crippen molar-refractivity contribution in [3.8, 4) is 11.4 Å². The SMILES string of the molecule is Oc1ccc2c(cnn2-c2cccc(Br)c2)c1. The number of aromatic nitrogens is 2. The smallest absolute Gasteiger partial charge is 0.116 e. The Labute approximate surface area is 106 Å². The molecule has 0 saturated heterocycles. The molecule has 3 rings (SSSR count). The Morgan fingerprint density at radius 3 is 2.82 bits per heavy atom. The van der Waals surface area contributed by atoms with Crippen LogP contribution in [-0.2, 0) is 0 Å². The predicted octanol–water partition coefficient (Wildman–Crippen LogP) is 3.49. The van der Waals surface area contributed by atoms with Gasteiger partial charge in [0.2, 0.25) is 0 Å². The van der Waals surface area contributed by atoms with Crippen molar-refractivity contribution in [3.05, 3.63) is 53.1 Å². The first-order chi connectivity index (χ1) is 8.24. The van der Waals surface area contributed by atoms with E-state index in [2.05, 4.69) is 21.0 Å². The Morgan fingerprint density at radius 1 is 1.12 bits per heavy atom. The second-order valence-electron chi connectivity index (χ2n) is 3.78. The van der Waals surface area contributed by atoms with E-state index in [9.17, 15) is 5.11 Å². The number of rotatable bonds is 1. The Morgan fingerprint density at radius 2 is 2.00 bits per heavy atom. The van der Waals surface area contributed by atoms with E-state index in [1.165, 1.54) is 0 Å². The summed E-state index contributed by atoms with van der Waals surface area (Å²) in [5, 5.41) is 14.7. The van der Waals surface area contributed by atoms with Crippen LogP contribution in [0.2, 0.25) is 0 Å². The lowest BCUT2D eigenvalue weighted by Crippen LogP contribution is -1.95. The fourth-order valence-corrected chi connectivity index (χ4v) is 2.22. The van der Waals surface area contributed by atoms with Crippen molar-refractivity contribution < 1.29 is 5.11 Å². The summed E-state index contributed by atoms with van der Waals surface area (Å²) in [4.78, 5) is 0. The van der Waals surface area contributed by atoms with Crippen LogP contribution in [0, 0.1) is 0 Å². The molecule has 2 aromatic carbocycles. The standard InChI is InChI=1S/C13H9BrN2O/c14-10-2-1-3-11(7-10)16-13-5-4-12(17)6-9(13)8-15-16/h1-8,17H. The van der Waals surface area contributed by atoms with Crippen molar-refractivity contribution in [2.75, 3.05) is 0 Å². The third-order valence-corrected chi connectivity index (χ3v) is 3.10. The molecule has 0 aliphatic rings. The van der Waals surface area contributed by atoms with Crippen LogP contribution in [-0.4, -0.2) is 14.9 Å². The maximum absolute atomic E-state index is 9.41. The van der Waals surface area contributed by atoms with Crippen molar-refractivity contribution in [3.63, 3.8) is 0 Å². The summed E-state index contributed by atoms with van der Waals surface area (Å²) in [5.74, 6) is 0.256. The number of aromatic hydroxyl groups is 1.